The number of methoxy groups -OCH3 is 1. The minimum absolute atomic E-state index is 0.0627. The Morgan fingerprint density at radius 2 is 1.60 bits per heavy atom. The smallest absolute Gasteiger partial charge is 0.411 e. The zero-order chi connectivity index (χ0) is 38.1. The molecule has 0 saturated heterocycles. The van der Waals surface area contributed by atoms with Gasteiger partial charge in [0, 0.05) is 45.0 Å². The zero-order valence-electron chi connectivity index (χ0n) is 30.3. The highest BCUT2D eigenvalue weighted by Crippen LogP contribution is 2.40. The number of primary amides is 1. The number of aryl methyl sites for hydroxylation is 2. The fourth-order valence-electron chi connectivity index (χ4n) is 6.02. The Morgan fingerprint density at radius 3 is 2.17 bits per heavy atom. The fourth-order valence-corrected chi connectivity index (χ4v) is 6.73. The number of nitrogens with two attached hydrogens (primary N) is 2. The summed E-state index contributed by atoms with van der Waals surface area (Å²) in [5.41, 5.74) is 14.0. The molecule has 3 aromatic carbocycles. The minimum Gasteiger partial charge on any atom is -0.490 e. The van der Waals surface area contributed by atoms with Gasteiger partial charge in [-0.05, 0) is 112 Å². The SMILES string of the molecule is COCCCc1cc(CNC2(C(=O)C(CN)Cc3ccc(OCCOc4c(Cl)cc(C)cc4Cl)cc3)CC2)cc(N(CC(C)(C)C(N)=O)C(=O)O)c1. The second kappa shape index (κ2) is 18.3. The quantitative estimate of drug-likeness (QED) is 0.0907. The molecule has 0 heterocycles. The van der Waals surface area contributed by atoms with Crippen LogP contribution in [0, 0.1) is 18.3 Å². The highest BCUT2D eigenvalue weighted by atomic mass is 35.5. The number of halogens is 2. The second-order valence-electron chi connectivity index (χ2n) is 14.1. The van der Waals surface area contributed by atoms with E-state index in [1.807, 2.05) is 43.3 Å². The van der Waals surface area contributed by atoms with Crippen molar-refractivity contribution < 1.29 is 33.7 Å². The number of ketones is 1. The maximum Gasteiger partial charge on any atom is 0.411 e. The van der Waals surface area contributed by atoms with Gasteiger partial charge in [-0.3, -0.25) is 14.5 Å². The molecule has 4 rings (SSSR count). The number of amides is 2. The van der Waals surface area contributed by atoms with Gasteiger partial charge in [-0.25, -0.2) is 4.79 Å². The predicted molar refractivity (Wildman–Crippen MR) is 204 cm³/mol. The molecular formula is C39H50Cl2N4O7. The third-order valence-corrected chi connectivity index (χ3v) is 9.83. The largest absolute Gasteiger partial charge is 0.490 e. The standard InChI is InChI=1S/C39H50Cl2N4O7/c1-25-16-32(40)34(33(41)17-25)52-15-14-51-31-9-7-26(8-10-31)19-29(22-42)35(46)39(11-12-39)44-23-28-18-27(6-5-13-50-4)20-30(21-28)45(37(48)49)24-38(2,3)36(43)47/h7-10,16-18,20-21,29,44H,5-6,11-15,19,22-24,42H2,1-4H3,(H2,43,47)(H,48,49). The number of Topliss-reactive ketones (excluding diaryl/α,β-unsaturated/α-hetero) is 1. The number of carbonyl (C=O) groups is 3. The van der Waals surface area contributed by atoms with Crippen LogP contribution in [0.25, 0.3) is 0 Å². The average molecular weight is 758 g/mol. The molecule has 3 aromatic rings. The molecular weight excluding hydrogens is 707 g/mol. The van der Waals surface area contributed by atoms with Crippen molar-refractivity contribution in [2.45, 2.75) is 65.0 Å². The van der Waals surface area contributed by atoms with Gasteiger partial charge in [0.05, 0.1) is 21.0 Å². The normalized spacial score (nSPS) is 14.1. The lowest BCUT2D eigenvalue weighted by atomic mass is 9.89. The summed E-state index contributed by atoms with van der Waals surface area (Å²) in [6.07, 6.45) is 2.07. The van der Waals surface area contributed by atoms with Gasteiger partial charge in [0.25, 0.3) is 0 Å². The Bertz CT molecular complexity index is 1690. The molecule has 282 valence electrons. The summed E-state index contributed by atoms with van der Waals surface area (Å²) in [4.78, 5) is 39.5. The highest BCUT2D eigenvalue weighted by molar-refractivity contribution is 6.37. The van der Waals surface area contributed by atoms with Gasteiger partial charge in [0.1, 0.15) is 19.0 Å². The molecule has 1 saturated carbocycles. The van der Waals surface area contributed by atoms with Crippen molar-refractivity contribution in [1.82, 2.24) is 5.32 Å². The number of nitrogens with zero attached hydrogens (tertiary/aromatic N) is 1. The molecule has 1 aliphatic rings. The van der Waals surface area contributed by atoms with Crippen LogP contribution >= 0.6 is 23.2 Å². The van der Waals surface area contributed by atoms with Crippen LogP contribution in [0.3, 0.4) is 0 Å². The number of rotatable bonds is 21. The lowest BCUT2D eigenvalue weighted by Crippen LogP contribution is -2.45. The van der Waals surface area contributed by atoms with Crippen LogP contribution in [0.5, 0.6) is 11.5 Å². The van der Waals surface area contributed by atoms with Crippen LogP contribution < -0.4 is 31.2 Å². The summed E-state index contributed by atoms with van der Waals surface area (Å²) in [5, 5.41) is 14.5. The van der Waals surface area contributed by atoms with Crippen molar-refractivity contribution in [2.24, 2.45) is 22.8 Å². The molecule has 0 radical (unpaired) electrons. The molecule has 1 aliphatic carbocycles. The second-order valence-corrected chi connectivity index (χ2v) is 14.9. The van der Waals surface area contributed by atoms with E-state index in [9.17, 15) is 19.5 Å². The summed E-state index contributed by atoms with van der Waals surface area (Å²) in [7, 11) is 1.63. The lowest BCUT2D eigenvalue weighted by Gasteiger charge is -2.29. The summed E-state index contributed by atoms with van der Waals surface area (Å²) in [6.45, 7) is 6.68. The monoisotopic (exact) mass is 756 g/mol. The highest BCUT2D eigenvalue weighted by Gasteiger charge is 2.51. The molecule has 13 heteroatoms. The zero-order valence-corrected chi connectivity index (χ0v) is 31.8. The fraction of sp³-hybridized carbons (Fsp3) is 0.462. The number of nitrogens with one attached hydrogen (secondary N) is 1. The number of hydrogen-bond donors (Lipinski definition) is 4. The van der Waals surface area contributed by atoms with E-state index in [-0.39, 0.29) is 32.1 Å². The van der Waals surface area contributed by atoms with Gasteiger partial charge >= 0.3 is 6.09 Å². The Labute approximate surface area is 315 Å². The molecule has 0 aromatic heterocycles. The Kier molecular flexibility index (Phi) is 14.4. The summed E-state index contributed by atoms with van der Waals surface area (Å²) < 4.78 is 16.8. The molecule has 2 amide bonds. The van der Waals surface area contributed by atoms with Crippen molar-refractivity contribution in [3.63, 3.8) is 0 Å². The molecule has 52 heavy (non-hydrogen) atoms. The molecule has 1 atom stereocenters. The van der Waals surface area contributed by atoms with Gasteiger partial charge in [-0.15, -0.1) is 0 Å². The van der Waals surface area contributed by atoms with Crippen molar-refractivity contribution in [3.8, 4) is 11.5 Å². The Hall–Kier alpha value is -3.87. The van der Waals surface area contributed by atoms with Crippen LogP contribution in [0.4, 0.5) is 10.5 Å². The number of anilines is 1. The van der Waals surface area contributed by atoms with E-state index < -0.39 is 28.9 Å². The topological polar surface area (TPSA) is 166 Å². The first-order chi connectivity index (χ1) is 24.7. The van der Waals surface area contributed by atoms with E-state index in [2.05, 4.69) is 5.32 Å². The van der Waals surface area contributed by atoms with E-state index in [1.54, 1.807) is 39.2 Å². The van der Waals surface area contributed by atoms with Crippen molar-refractivity contribution in [1.29, 1.82) is 0 Å². The maximum atomic E-state index is 13.9. The van der Waals surface area contributed by atoms with E-state index >= 15 is 0 Å². The Balaban J connectivity index is 1.38. The number of benzene rings is 3. The van der Waals surface area contributed by atoms with Gasteiger partial charge in [0.2, 0.25) is 5.91 Å². The predicted octanol–water partition coefficient (Wildman–Crippen LogP) is 6.34. The average Bonchev–Trinajstić information content (AvgIpc) is 3.89. The van der Waals surface area contributed by atoms with Crippen LogP contribution in [0.2, 0.25) is 10.0 Å². The number of ether oxygens (including phenoxy) is 3. The van der Waals surface area contributed by atoms with Crippen molar-refractivity contribution >= 4 is 46.7 Å². The first-order valence-corrected chi connectivity index (χ1v) is 18.2. The van der Waals surface area contributed by atoms with Gasteiger partial charge in [-0.2, -0.15) is 0 Å². The van der Waals surface area contributed by atoms with Crippen molar-refractivity contribution in [3.05, 3.63) is 86.9 Å². The van der Waals surface area contributed by atoms with Crippen LogP contribution in [-0.4, -0.2) is 68.4 Å². The summed E-state index contributed by atoms with van der Waals surface area (Å²) in [6, 6.07) is 16.7. The first kappa shape index (κ1) is 40.9. The van der Waals surface area contributed by atoms with Gasteiger partial charge in [0.15, 0.2) is 11.5 Å². The summed E-state index contributed by atoms with van der Waals surface area (Å²) >= 11 is 12.5. The number of carbonyl (C=O) groups excluding carboxylic acids is 2. The van der Waals surface area contributed by atoms with Crippen LogP contribution in [-0.2, 0) is 33.7 Å². The molecule has 0 bridgehead atoms. The minimum atomic E-state index is -1.19. The van der Waals surface area contributed by atoms with Crippen molar-refractivity contribution in [2.75, 3.05) is 44.9 Å². The van der Waals surface area contributed by atoms with Crippen LogP contribution in [0.15, 0.2) is 54.6 Å². The molecule has 1 fully saturated rings. The Morgan fingerprint density at radius 1 is 0.962 bits per heavy atom. The van der Waals surface area contributed by atoms with E-state index in [1.165, 1.54) is 0 Å². The molecule has 1 unspecified atom stereocenters. The number of carboxylic acid groups (broad SMARTS) is 1. The van der Waals surface area contributed by atoms with Crippen LogP contribution in [0.1, 0.15) is 55.4 Å². The van der Waals surface area contributed by atoms with E-state index in [0.29, 0.717) is 66.1 Å². The maximum absolute atomic E-state index is 13.9. The van der Waals surface area contributed by atoms with E-state index in [0.717, 1.165) is 33.6 Å². The van der Waals surface area contributed by atoms with E-state index in [4.69, 9.17) is 48.9 Å². The first-order valence-electron chi connectivity index (χ1n) is 17.4. The lowest BCUT2D eigenvalue weighted by molar-refractivity contribution is -0.126. The molecule has 11 nitrogen and oxygen atoms in total. The molecule has 6 N–H and O–H groups in total. The molecule has 0 aliphatic heterocycles. The third-order valence-electron chi connectivity index (χ3n) is 9.27. The molecule has 0 spiro atoms. The number of hydrogen-bond acceptors (Lipinski definition) is 8. The summed E-state index contributed by atoms with van der Waals surface area (Å²) in [5.74, 6) is 0.159. The van der Waals surface area contributed by atoms with Gasteiger partial charge < -0.3 is 36.1 Å². The van der Waals surface area contributed by atoms with Gasteiger partial charge in [-0.1, -0.05) is 41.4 Å². The third kappa shape index (κ3) is 11.1.